The summed E-state index contributed by atoms with van der Waals surface area (Å²) in [4.78, 5) is 12.3. The second-order valence-corrected chi connectivity index (χ2v) is 5.80. The minimum atomic E-state index is -2.91. The highest BCUT2D eigenvalue weighted by Crippen LogP contribution is 2.17. The van der Waals surface area contributed by atoms with Crippen LogP contribution in [0.1, 0.15) is 15.9 Å². The molecule has 2 aromatic carbocycles. The molecule has 1 aromatic heterocycles. The van der Waals surface area contributed by atoms with E-state index in [1.165, 1.54) is 24.3 Å². The third-order valence-electron chi connectivity index (χ3n) is 3.52. The van der Waals surface area contributed by atoms with E-state index in [0.717, 1.165) is 5.56 Å². The zero-order valence-electron chi connectivity index (χ0n) is 13.4. The Morgan fingerprint density at radius 2 is 1.96 bits per heavy atom. The van der Waals surface area contributed by atoms with Crippen LogP contribution in [0.5, 0.6) is 5.75 Å². The van der Waals surface area contributed by atoms with Crippen LogP contribution in [-0.4, -0.2) is 22.3 Å². The molecule has 3 aromatic rings. The summed E-state index contributed by atoms with van der Waals surface area (Å²) >= 11 is 5.98. The second-order valence-electron chi connectivity index (χ2n) is 5.36. The molecule has 0 spiro atoms. The first-order valence-electron chi connectivity index (χ1n) is 7.64. The molecule has 0 aliphatic carbocycles. The molecule has 0 fully saturated rings. The fraction of sp³-hybridized carbons (Fsp3) is 0.111. The van der Waals surface area contributed by atoms with E-state index in [9.17, 15) is 13.6 Å². The Balaban J connectivity index is 1.69. The molecule has 1 N–H and O–H groups in total. The molecular formula is C18H14ClF2N3O2. The van der Waals surface area contributed by atoms with Crippen molar-refractivity contribution >= 4 is 23.3 Å². The monoisotopic (exact) mass is 377 g/mol. The number of anilines is 1. The van der Waals surface area contributed by atoms with Crippen molar-refractivity contribution in [3.8, 4) is 5.75 Å². The first kappa shape index (κ1) is 17.9. The molecule has 0 aliphatic heterocycles. The van der Waals surface area contributed by atoms with E-state index in [0.29, 0.717) is 22.9 Å². The van der Waals surface area contributed by atoms with E-state index >= 15 is 0 Å². The van der Waals surface area contributed by atoms with Gasteiger partial charge in [0, 0.05) is 16.7 Å². The lowest BCUT2D eigenvalue weighted by Crippen LogP contribution is -2.16. The third-order valence-corrected chi connectivity index (χ3v) is 3.76. The van der Waals surface area contributed by atoms with Gasteiger partial charge in [-0.15, -0.1) is 0 Å². The maximum Gasteiger partial charge on any atom is 0.387 e. The Bertz CT molecular complexity index is 897. The van der Waals surface area contributed by atoms with Crippen molar-refractivity contribution < 1.29 is 18.3 Å². The fourth-order valence-corrected chi connectivity index (χ4v) is 2.56. The van der Waals surface area contributed by atoms with E-state index < -0.39 is 6.61 Å². The fourth-order valence-electron chi connectivity index (χ4n) is 2.35. The van der Waals surface area contributed by atoms with Crippen molar-refractivity contribution in [3.63, 3.8) is 0 Å². The Morgan fingerprint density at radius 3 is 2.65 bits per heavy atom. The maximum absolute atomic E-state index is 12.3. The zero-order valence-corrected chi connectivity index (χ0v) is 14.2. The van der Waals surface area contributed by atoms with Crippen LogP contribution in [0, 0.1) is 0 Å². The summed E-state index contributed by atoms with van der Waals surface area (Å²) in [6, 6.07) is 14.4. The van der Waals surface area contributed by atoms with Gasteiger partial charge < -0.3 is 10.1 Å². The van der Waals surface area contributed by atoms with Crippen LogP contribution in [-0.2, 0) is 6.54 Å². The summed E-state index contributed by atoms with van der Waals surface area (Å²) in [6.07, 6.45) is 1.57. The smallest absolute Gasteiger partial charge is 0.387 e. The molecule has 5 nitrogen and oxygen atoms in total. The van der Waals surface area contributed by atoms with Gasteiger partial charge in [-0.05, 0) is 42.0 Å². The summed E-state index contributed by atoms with van der Waals surface area (Å²) in [5.41, 5.74) is 1.24. The summed E-state index contributed by atoms with van der Waals surface area (Å²) in [7, 11) is 0. The SMILES string of the molecule is O=C(Nc1ccnn1Cc1cccc(Cl)c1)c1ccc(OC(F)F)cc1. The normalized spacial score (nSPS) is 10.8. The predicted octanol–water partition coefficient (Wildman–Crippen LogP) is 4.44. The number of alkyl halides is 2. The number of nitrogens with one attached hydrogen (secondary N) is 1. The molecule has 8 heteroatoms. The van der Waals surface area contributed by atoms with Crippen LogP contribution in [0.25, 0.3) is 0 Å². The van der Waals surface area contributed by atoms with Gasteiger partial charge in [0.25, 0.3) is 5.91 Å². The number of rotatable bonds is 6. The lowest BCUT2D eigenvalue weighted by atomic mass is 10.2. The summed E-state index contributed by atoms with van der Waals surface area (Å²) in [5, 5.41) is 7.55. The quantitative estimate of drug-likeness (QED) is 0.691. The van der Waals surface area contributed by atoms with Crippen molar-refractivity contribution in [1.29, 1.82) is 0 Å². The average Bonchev–Trinajstić information content (AvgIpc) is 3.01. The van der Waals surface area contributed by atoms with Gasteiger partial charge in [-0.1, -0.05) is 23.7 Å². The van der Waals surface area contributed by atoms with Crippen LogP contribution in [0.4, 0.5) is 14.6 Å². The van der Waals surface area contributed by atoms with Crippen molar-refractivity contribution in [3.05, 3.63) is 76.9 Å². The van der Waals surface area contributed by atoms with Gasteiger partial charge in [0.15, 0.2) is 0 Å². The molecule has 3 rings (SSSR count). The van der Waals surface area contributed by atoms with Gasteiger partial charge in [-0.2, -0.15) is 13.9 Å². The van der Waals surface area contributed by atoms with E-state index in [4.69, 9.17) is 11.6 Å². The van der Waals surface area contributed by atoms with Crippen molar-refractivity contribution in [2.24, 2.45) is 0 Å². The Hall–Kier alpha value is -2.93. The molecule has 0 aliphatic rings. The molecule has 0 saturated carbocycles. The molecule has 134 valence electrons. The molecule has 1 amide bonds. The highest BCUT2D eigenvalue weighted by Gasteiger charge is 2.11. The summed E-state index contributed by atoms with van der Waals surface area (Å²) in [5.74, 6) is 0.104. The average molecular weight is 378 g/mol. The molecule has 0 saturated heterocycles. The standard InChI is InChI=1S/C18H14ClF2N3O2/c19-14-3-1-2-12(10-14)11-24-16(8-9-22-24)23-17(25)13-4-6-15(7-5-13)26-18(20)21/h1-10,18H,11H2,(H,23,25). The molecule has 0 atom stereocenters. The molecule has 0 bridgehead atoms. The van der Waals surface area contributed by atoms with Crippen LogP contribution >= 0.6 is 11.6 Å². The predicted molar refractivity (Wildman–Crippen MR) is 93.8 cm³/mol. The summed E-state index contributed by atoms with van der Waals surface area (Å²) in [6.45, 7) is -2.47. The topological polar surface area (TPSA) is 56.2 Å². The first-order chi connectivity index (χ1) is 12.5. The molecule has 0 radical (unpaired) electrons. The number of hydrogen-bond acceptors (Lipinski definition) is 3. The molecule has 1 heterocycles. The van der Waals surface area contributed by atoms with Gasteiger partial charge in [0.1, 0.15) is 11.6 Å². The van der Waals surface area contributed by atoms with Gasteiger partial charge in [-0.25, -0.2) is 4.68 Å². The van der Waals surface area contributed by atoms with Gasteiger partial charge in [0.05, 0.1) is 12.7 Å². The van der Waals surface area contributed by atoms with Crippen molar-refractivity contribution in [1.82, 2.24) is 9.78 Å². The molecule has 0 unspecified atom stereocenters. The van der Waals surface area contributed by atoms with E-state index in [-0.39, 0.29) is 11.7 Å². The zero-order chi connectivity index (χ0) is 18.5. The number of halogens is 3. The lowest BCUT2D eigenvalue weighted by Gasteiger charge is -2.10. The number of aromatic nitrogens is 2. The van der Waals surface area contributed by atoms with Crippen LogP contribution < -0.4 is 10.1 Å². The Morgan fingerprint density at radius 1 is 1.19 bits per heavy atom. The maximum atomic E-state index is 12.3. The number of hydrogen-bond donors (Lipinski definition) is 1. The first-order valence-corrected chi connectivity index (χ1v) is 8.01. The minimum absolute atomic E-state index is 0.0115. The highest BCUT2D eigenvalue weighted by atomic mass is 35.5. The number of nitrogens with zero attached hydrogens (tertiary/aromatic N) is 2. The number of ether oxygens (including phenoxy) is 1. The van der Waals surface area contributed by atoms with E-state index in [2.05, 4.69) is 15.2 Å². The largest absolute Gasteiger partial charge is 0.435 e. The van der Waals surface area contributed by atoms with E-state index in [1.54, 1.807) is 23.0 Å². The second kappa shape index (κ2) is 7.97. The minimum Gasteiger partial charge on any atom is -0.435 e. The molecular weight excluding hydrogens is 364 g/mol. The van der Waals surface area contributed by atoms with Crippen LogP contribution in [0.2, 0.25) is 5.02 Å². The highest BCUT2D eigenvalue weighted by molar-refractivity contribution is 6.30. The van der Waals surface area contributed by atoms with Gasteiger partial charge in [0.2, 0.25) is 0 Å². The third kappa shape index (κ3) is 4.58. The van der Waals surface area contributed by atoms with Gasteiger partial charge in [-0.3, -0.25) is 4.79 Å². The van der Waals surface area contributed by atoms with E-state index in [1.807, 2.05) is 18.2 Å². The number of carbonyl (C=O) groups is 1. The number of amides is 1. The van der Waals surface area contributed by atoms with Crippen molar-refractivity contribution in [2.45, 2.75) is 13.2 Å². The molecule has 26 heavy (non-hydrogen) atoms. The summed E-state index contributed by atoms with van der Waals surface area (Å²) < 4.78 is 30.2. The van der Waals surface area contributed by atoms with Crippen molar-refractivity contribution in [2.75, 3.05) is 5.32 Å². The lowest BCUT2D eigenvalue weighted by molar-refractivity contribution is -0.0498. The Labute approximate surface area is 153 Å². The van der Waals surface area contributed by atoms with Crippen LogP contribution in [0.3, 0.4) is 0 Å². The Kier molecular flexibility index (Phi) is 5.48. The number of carbonyl (C=O) groups excluding carboxylic acids is 1. The van der Waals surface area contributed by atoms with Gasteiger partial charge >= 0.3 is 6.61 Å². The van der Waals surface area contributed by atoms with Crippen LogP contribution in [0.15, 0.2) is 60.8 Å². The number of benzene rings is 2.